The van der Waals surface area contributed by atoms with Crippen LogP contribution in [0.15, 0.2) is 127 Å². The first-order valence-corrected chi connectivity index (χ1v) is 37.5. The van der Waals surface area contributed by atoms with Gasteiger partial charge in [-0.2, -0.15) is 0 Å². The second-order valence-electron chi connectivity index (χ2n) is 26.7. The predicted octanol–water partition coefficient (Wildman–Crippen LogP) is 6.57. The number of hydrogen-bond donors (Lipinski definition) is 9. The van der Waals surface area contributed by atoms with Crippen molar-refractivity contribution in [1.82, 2.24) is 0 Å². The second-order valence-corrected chi connectivity index (χ2v) is 26.7. The van der Waals surface area contributed by atoms with E-state index in [1.165, 1.54) is 49.7 Å². The molecule has 584 valence electrons. The number of aliphatic hydroxyl groups excluding tert-OH is 3. The van der Waals surface area contributed by atoms with E-state index >= 15 is 0 Å². The molecule has 111 heavy (non-hydrogen) atoms. The van der Waals surface area contributed by atoms with Crippen molar-refractivity contribution >= 4 is 98.6 Å². The third kappa shape index (κ3) is 22.8. The number of fused-ring (bicyclic) bond motifs is 7. The molecule has 34 heteroatoms. The van der Waals surface area contributed by atoms with Crippen molar-refractivity contribution in [2.75, 3.05) is 60.1 Å². The van der Waals surface area contributed by atoms with Gasteiger partial charge in [-0.3, -0.25) is 11.5 Å². The molecular weight excluding hydrogens is 1930 g/mol. The van der Waals surface area contributed by atoms with Crippen molar-refractivity contribution in [3.8, 4) is 40.2 Å². The molecule has 0 spiro atoms. The number of aliphatic carboxylic acids is 2. The van der Waals surface area contributed by atoms with Gasteiger partial charge < -0.3 is 103 Å². The van der Waals surface area contributed by atoms with E-state index in [1.54, 1.807) is 12.1 Å². The fourth-order valence-electron chi connectivity index (χ4n) is 14.5. The predicted molar refractivity (Wildman–Crippen MR) is 429 cm³/mol. The first-order chi connectivity index (χ1) is 52.5. The Bertz CT molecular complexity index is 3740. The Morgan fingerprint density at radius 2 is 0.577 bits per heavy atom. The number of ether oxygens (including phenoxy) is 7. The monoisotopic (exact) mass is 2030 g/mol. The van der Waals surface area contributed by atoms with Crippen molar-refractivity contribution in [2.45, 2.75) is 157 Å². The second kappa shape index (κ2) is 43.5. The molecule has 0 aromatic heterocycles. The van der Waals surface area contributed by atoms with Gasteiger partial charge in [0.05, 0.1) is 42.7 Å². The third-order valence-electron chi connectivity index (χ3n) is 19.7. The van der Waals surface area contributed by atoms with E-state index in [9.17, 15) is 9.59 Å². The number of benzene rings is 7. The van der Waals surface area contributed by atoms with Gasteiger partial charge in [-0.15, -0.1) is 0 Å². The molecule has 14 rings (SSSR count). The van der Waals surface area contributed by atoms with E-state index in [4.69, 9.17) is 114 Å². The van der Waals surface area contributed by atoms with E-state index in [0.29, 0.717) is 36.1 Å². The van der Waals surface area contributed by atoms with Gasteiger partial charge in [0.25, 0.3) is 0 Å². The molecule has 0 aliphatic carbocycles. The van der Waals surface area contributed by atoms with E-state index < -0.39 is 11.9 Å². The summed E-state index contributed by atoms with van der Waals surface area (Å²) in [7, 11) is 0. The molecule has 0 amide bonds. The molecule has 7 aliphatic rings. The molecule has 7 aromatic rings. The van der Waals surface area contributed by atoms with Crippen LogP contribution in [0.4, 0.5) is 0 Å². The molecule has 0 saturated heterocycles. The zero-order valence-electron chi connectivity index (χ0n) is 66.1. The molecule has 7 aromatic carbocycles. The Morgan fingerprint density at radius 1 is 0.333 bits per heavy atom. The molecule has 0 bridgehead atoms. The number of carboxylic acids is 2. The fourth-order valence-corrected chi connectivity index (χ4v) is 14.5. The Kier molecular flexibility index (Phi) is 35.3. The van der Waals surface area contributed by atoms with Crippen LogP contribution in [0.2, 0.25) is 47.8 Å². The van der Waals surface area contributed by atoms with Gasteiger partial charge in [-0.1, -0.05) is 131 Å². The summed E-state index contributed by atoms with van der Waals surface area (Å²) in [4.78, 5) is 20.8. The van der Waals surface area contributed by atoms with E-state index in [1.807, 2.05) is 131 Å². The van der Waals surface area contributed by atoms with Crippen LogP contribution in [-0.2, 0) is 42.2 Å². The van der Waals surface area contributed by atoms with E-state index in [0.717, 1.165) is 76.9 Å². The number of carbonyl (C=O) groups is 2. The SMILES string of the molecule is CB1O[C@@H](CN)c2ccc(OCC(=O)O)cc21.CB1O[C@H](CN)c2ccc(OCC(=O)O)cc21.CC[C@@H]1OB(C)c2cc(OCN)ccc21.CC[C@@H]1OB(C)c2cc(OCO)ccc21.CC[C@H]1OB(C)c2c(OCO)cccc21.CC[C@H]1OB(C)c2cc(OCN)ccc21.CC[C@H]1OB(C)c2cc(OCO)ccc21.[Rf].[Rf]. The van der Waals surface area contributed by atoms with Gasteiger partial charge in [0.15, 0.2) is 33.6 Å². The Balaban J connectivity index is 0.000000202. The van der Waals surface area contributed by atoms with Crippen LogP contribution < -0.4 is 94.3 Å². The molecule has 0 unspecified atom stereocenters. The summed E-state index contributed by atoms with van der Waals surface area (Å²) in [5.74, 6) is 2.88. The minimum atomic E-state index is -0.991. The van der Waals surface area contributed by atoms with Crippen LogP contribution in [0, 0.1) is 0 Å². The summed E-state index contributed by atoms with van der Waals surface area (Å²) in [5.41, 5.74) is 38.2. The number of aliphatic hydroxyl groups is 3. The summed E-state index contributed by atoms with van der Waals surface area (Å²) >= 11 is 0. The Morgan fingerprint density at radius 3 is 0.829 bits per heavy atom. The molecule has 0 saturated carbocycles. The van der Waals surface area contributed by atoms with Crippen LogP contribution in [0.25, 0.3) is 0 Å². The van der Waals surface area contributed by atoms with Crippen LogP contribution in [0.1, 0.15) is 148 Å². The maximum absolute atomic E-state index is 10.4. The Labute approximate surface area is 643 Å². The van der Waals surface area contributed by atoms with Crippen molar-refractivity contribution in [2.24, 2.45) is 22.9 Å². The van der Waals surface area contributed by atoms with Crippen LogP contribution in [0.3, 0.4) is 0 Å². The minimum Gasteiger partial charge on any atom is -0.482 e. The van der Waals surface area contributed by atoms with Crippen LogP contribution in [-0.4, -0.2) is 146 Å². The number of nitrogens with two attached hydrogens (primary N) is 4. The molecule has 25 nitrogen and oxygen atoms in total. The van der Waals surface area contributed by atoms with Crippen molar-refractivity contribution in [1.29, 1.82) is 0 Å². The maximum Gasteiger partial charge on any atom is 0.341 e. The van der Waals surface area contributed by atoms with E-state index in [2.05, 4.69) is 66.5 Å². The molecular formula is C77H105B7N4O21Rf2. The van der Waals surface area contributed by atoms with Crippen LogP contribution >= 0.6 is 0 Å². The quantitative estimate of drug-likeness (QED) is 0.0241. The van der Waals surface area contributed by atoms with Gasteiger partial charge in [0.1, 0.15) is 53.7 Å². The van der Waals surface area contributed by atoms with Crippen molar-refractivity contribution < 1.29 is 101 Å². The Hall–Kier alpha value is -10.0. The smallest absolute Gasteiger partial charge is 0.341 e. The molecule has 7 heterocycles. The first kappa shape index (κ1) is 89.9. The molecule has 7 aliphatic heterocycles. The van der Waals surface area contributed by atoms with Gasteiger partial charge in [-0.25, -0.2) is 9.59 Å². The summed E-state index contributed by atoms with van der Waals surface area (Å²) < 4.78 is 76.5. The zero-order valence-corrected chi connectivity index (χ0v) is 78.9. The summed E-state index contributed by atoms with van der Waals surface area (Å²) in [6, 6.07) is 40.6. The number of rotatable bonds is 23. The summed E-state index contributed by atoms with van der Waals surface area (Å²) in [6.07, 6.45) is 5.84. The molecule has 7 atom stereocenters. The average Bonchev–Trinajstić information content (AvgIpc) is 1.57. The number of hydrogen-bond acceptors (Lipinski definition) is 23. The van der Waals surface area contributed by atoms with Crippen LogP contribution in [0.5, 0.6) is 40.2 Å². The molecule has 0 fully saturated rings. The molecule has 0 radical (unpaired) electrons. The minimum absolute atomic E-state index is 0. The average molecular weight is 2030 g/mol. The summed E-state index contributed by atoms with van der Waals surface area (Å²) in [5, 5.41) is 43.2. The van der Waals surface area contributed by atoms with Gasteiger partial charge in [-0.05, 0) is 188 Å². The number of carboxylic acid groups (broad SMARTS) is 2. The van der Waals surface area contributed by atoms with Crippen molar-refractivity contribution in [3.05, 3.63) is 166 Å². The van der Waals surface area contributed by atoms with E-state index in [-0.39, 0.29) is 138 Å². The third-order valence-corrected chi connectivity index (χ3v) is 19.7. The fraction of sp³-hybridized carbons (Fsp3) is 0.429. The topological polar surface area (TPSA) is 369 Å². The van der Waals surface area contributed by atoms with Gasteiger partial charge >= 0.3 is 60.3 Å². The van der Waals surface area contributed by atoms with Crippen molar-refractivity contribution in [3.63, 3.8) is 0 Å². The van der Waals surface area contributed by atoms with Gasteiger partial charge in [0.2, 0.25) is 0 Å². The normalized spacial score (nSPS) is 18.4. The maximum atomic E-state index is 10.4. The summed E-state index contributed by atoms with van der Waals surface area (Å²) in [6.45, 7) is 25.0. The molecule has 13 N–H and O–H groups in total. The van der Waals surface area contributed by atoms with Gasteiger partial charge in [0, 0.05) is 13.1 Å². The standard InChI is InChI=1S/2C11H14BNO4.2C11H16BNO2.3C11H15BO3.2Rf/c2*1-12-9-4-7(16-6-11(14)15)2-3-8(9)10(5-13)17-12;4*1-3-11-9-5-4-8(14-7-13)6-10(9)12(2)15-11;1-3-9-8-5-4-6-10(14-7-13)11(8)12(2)15-9;;/h2*2-4,10H,5-6,13H2,1H3,(H,14,15);2*4-6,11H,3,7,13H2,1-2H3;2*4-6,11,13H,3,7H2,1-2H3;4-6,9,13H,3,7H2,1-2H3;;/t2*10-;4*11-;9-;;/m1010101../s1. The largest absolute Gasteiger partial charge is 0.482 e. The zero-order chi connectivity index (χ0) is 79.0. The first-order valence-electron chi connectivity index (χ1n) is 37.5.